The number of carbonyl (C=O) groups is 3. The van der Waals surface area contributed by atoms with E-state index in [1.807, 2.05) is 36.9 Å². The van der Waals surface area contributed by atoms with Crippen molar-refractivity contribution in [1.82, 2.24) is 20.1 Å². The number of aryl methyl sites for hydroxylation is 1. The molecular formula is C30H37N5O5S2. The molecule has 1 aromatic heterocycles. The highest BCUT2D eigenvalue weighted by atomic mass is 32.2. The number of amides is 3. The molecule has 3 aromatic rings. The minimum absolute atomic E-state index is 0.00255. The predicted octanol–water partition coefficient (Wildman–Crippen LogP) is 3.05. The molecule has 1 aliphatic heterocycles. The fourth-order valence-corrected chi connectivity index (χ4v) is 6.36. The van der Waals surface area contributed by atoms with Crippen molar-refractivity contribution < 1.29 is 24.6 Å². The van der Waals surface area contributed by atoms with Gasteiger partial charge in [0.05, 0.1) is 29.7 Å². The van der Waals surface area contributed by atoms with E-state index in [2.05, 4.69) is 21.7 Å². The smallest absolute Gasteiger partial charge is 0.257 e. The number of aliphatic hydroxyl groups excluding tert-OH is 2. The minimum Gasteiger partial charge on any atom is -0.395 e. The van der Waals surface area contributed by atoms with Crippen molar-refractivity contribution in [3.8, 4) is 0 Å². The number of aromatic nitrogens is 1. The monoisotopic (exact) mass is 611 g/mol. The summed E-state index contributed by atoms with van der Waals surface area (Å²) in [6, 6.07) is 10.8. The molecular weight excluding hydrogens is 574 g/mol. The van der Waals surface area contributed by atoms with Gasteiger partial charge in [-0.05, 0) is 54.3 Å². The molecule has 0 aliphatic carbocycles. The van der Waals surface area contributed by atoms with E-state index in [9.17, 15) is 14.4 Å². The Bertz CT molecular complexity index is 1400. The number of thiazole rings is 1. The van der Waals surface area contributed by atoms with Crippen LogP contribution in [0, 0.1) is 13.8 Å². The molecule has 0 atom stereocenters. The van der Waals surface area contributed by atoms with E-state index in [1.54, 1.807) is 41.9 Å². The summed E-state index contributed by atoms with van der Waals surface area (Å²) in [6.07, 6.45) is 1.74. The van der Waals surface area contributed by atoms with Crippen LogP contribution in [-0.4, -0.2) is 88.2 Å². The van der Waals surface area contributed by atoms with Crippen LogP contribution in [0.4, 0.5) is 5.13 Å². The van der Waals surface area contributed by atoms with E-state index >= 15 is 0 Å². The number of hydrogen-bond acceptors (Lipinski definition) is 9. The molecule has 3 amide bonds. The molecule has 10 nitrogen and oxygen atoms in total. The van der Waals surface area contributed by atoms with Crippen LogP contribution in [-0.2, 0) is 17.1 Å². The number of anilines is 1. The summed E-state index contributed by atoms with van der Waals surface area (Å²) < 4.78 is 0.945. The van der Waals surface area contributed by atoms with Crippen LogP contribution < -0.4 is 10.6 Å². The van der Waals surface area contributed by atoms with Gasteiger partial charge in [0, 0.05) is 56.5 Å². The van der Waals surface area contributed by atoms with E-state index in [-0.39, 0.29) is 37.0 Å². The average molecular weight is 612 g/mol. The lowest BCUT2D eigenvalue weighted by Gasteiger charge is -2.34. The Balaban J connectivity index is 1.32. The maximum Gasteiger partial charge on any atom is 0.257 e. The summed E-state index contributed by atoms with van der Waals surface area (Å²) in [6.45, 7) is 7.87. The maximum atomic E-state index is 13.3. The van der Waals surface area contributed by atoms with E-state index in [1.165, 1.54) is 11.3 Å². The summed E-state index contributed by atoms with van der Waals surface area (Å²) in [7, 11) is 0. The van der Waals surface area contributed by atoms with Crippen molar-refractivity contribution in [3.63, 3.8) is 0 Å². The van der Waals surface area contributed by atoms with Crippen molar-refractivity contribution in [3.05, 3.63) is 76.0 Å². The second kappa shape index (κ2) is 14.7. The molecule has 4 rings (SSSR count). The molecule has 0 spiro atoms. The fourth-order valence-electron chi connectivity index (χ4n) is 4.56. The van der Waals surface area contributed by atoms with Crippen LogP contribution in [0.25, 0.3) is 0 Å². The van der Waals surface area contributed by atoms with Crippen LogP contribution >= 0.6 is 23.1 Å². The first-order chi connectivity index (χ1) is 20.2. The van der Waals surface area contributed by atoms with Gasteiger partial charge in [-0.15, -0.1) is 11.8 Å². The Hall–Kier alpha value is -3.29. The minimum atomic E-state index is -0.384. The van der Waals surface area contributed by atoms with Gasteiger partial charge in [0.2, 0.25) is 5.91 Å². The van der Waals surface area contributed by atoms with Crippen LogP contribution in [0.3, 0.4) is 0 Å². The number of aliphatic hydroxyl groups is 2. The largest absolute Gasteiger partial charge is 0.395 e. The molecule has 2 aromatic carbocycles. The van der Waals surface area contributed by atoms with Crippen LogP contribution in [0.5, 0.6) is 0 Å². The molecule has 4 N–H and O–H groups in total. The van der Waals surface area contributed by atoms with Crippen molar-refractivity contribution >= 4 is 46.0 Å². The van der Waals surface area contributed by atoms with Crippen LogP contribution in [0.1, 0.15) is 49.9 Å². The molecule has 1 saturated heterocycles. The average Bonchev–Trinajstić information content (AvgIpc) is 3.45. The molecule has 42 heavy (non-hydrogen) atoms. The first-order valence-electron chi connectivity index (χ1n) is 13.8. The standard InChI is InChI=1S/C30H37N5O5S2/c1-19-12-23(13-26(20(19)2)29(40)35-10-8-34(9-11-35)21(3)38)18-41-27-15-32-30(42-27)33-28(39)24-6-4-22(5-7-24)14-31-25(16-36)17-37/h4-7,12-13,15,25,31,36-37H,8-11,14,16-18H2,1-3H3,(H,32,33,39). The van der Waals surface area contributed by atoms with Crippen molar-refractivity contribution in [1.29, 1.82) is 0 Å². The van der Waals surface area contributed by atoms with Gasteiger partial charge in [-0.1, -0.05) is 29.5 Å². The zero-order valence-electron chi connectivity index (χ0n) is 24.1. The van der Waals surface area contributed by atoms with Crippen LogP contribution in [0.15, 0.2) is 46.8 Å². The normalized spacial score (nSPS) is 13.5. The molecule has 224 valence electrons. The highest BCUT2D eigenvalue weighted by molar-refractivity contribution is 8.00. The zero-order valence-corrected chi connectivity index (χ0v) is 25.7. The maximum absolute atomic E-state index is 13.3. The van der Waals surface area contributed by atoms with Gasteiger partial charge in [0.25, 0.3) is 11.8 Å². The Morgan fingerprint density at radius 2 is 1.67 bits per heavy atom. The number of nitrogens with zero attached hydrogens (tertiary/aromatic N) is 3. The summed E-state index contributed by atoms with van der Waals surface area (Å²) >= 11 is 2.99. The number of nitrogens with one attached hydrogen (secondary N) is 2. The topological polar surface area (TPSA) is 135 Å². The third-order valence-electron chi connectivity index (χ3n) is 7.31. The van der Waals surface area contributed by atoms with Crippen molar-refractivity contribution in [2.45, 2.75) is 43.3 Å². The van der Waals surface area contributed by atoms with Crippen molar-refractivity contribution in [2.24, 2.45) is 0 Å². The summed E-state index contributed by atoms with van der Waals surface area (Å²) in [5, 5.41) is 24.7. The Morgan fingerprint density at radius 1 is 1.00 bits per heavy atom. The molecule has 1 fully saturated rings. The highest BCUT2D eigenvalue weighted by Gasteiger charge is 2.25. The van der Waals surface area contributed by atoms with Gasteiger partial charge >= 0.3 is 0 Å². The highest BCUT2D eigenvalue weighted by Crippen LogP contribution is 2.32. The molecule has 0 bridgehead atoms. The van der Waals surface area contributed by atoms with E-state index in [0.29, 0.717) is 54.7 Å². The fraction of sp³-hybridized carbons (Fsp3) is 0.400. The zero-order chi connectivity index (χ0) is 30.2. The Morgan fingerprint density at radius 3 is 2.31 bits per heavy atom. The predicted molar refractivity (Wildman–Crippen MR) is 165 cm³/mol. The lowest BCUT2D eigenvalue weighted by molar-refractivity contribution is -0.130. The molecule has 0 radical (unpaired) electrons. The van der Waals surface area contributed by atoms with Crippen LogP contribution in [0.2, 0.25) is 0 Å². The molecule has 2 heterocycles. The first kappa shape index (κ1) is 31.6. The van der Waals surface area contributed by atoms with E-state index < -0.39 is 0 Å². The molecule has 1 aliphatic rings. The number of carbonyl (C=O) groups excluding carboxylic acids is 3. The quantitative estimate of drug-likeness (QED) is 0.243. The number of thioether (sulfide) groups is 1. The Labute approximate surface area is 254 Å². The van der Waals surface area contributed by atoms with E-state index in [0.717, 1.165) is 26.5 Å². The summed E-state index contributed by atoms with van der Waals surface area (Å²) in [5.74, 6) is 0.426. The van der Waals surface area contributed by atoms with Gasteiger partial charge in [0.1, 0.15) is 0 Å². The Kier molecular flexibility index (Phi) is 11.1. The van der Waals surface area contributed by atoms with Gasteiger partial charge in [0.15, 0.2) is 5.13 Å². The first-order valence-corrected chi connectivity index (χ1v) is 15.6. The number of hydrogen-bond donors (Lipinski definition) is 4. The second-order valence-electron chi connectivity index (χ2n) is 10.3. The number of rotatable bonds is 11. The molecule has 0 saturated carbocycles. The lowest BCUT2D eigenvalue weighted by Crippen LogP contribution is -2.50. The lowest BCUT2D eigenvalue weighted by atomic mass is 9.99. The van der Waals surface area contributed by atoms with Gasteiger partial charge in [-0.25, -0.2) is 4.98 Å². The number of piperazine rings is 1. The van der Waals surface area contributed by atoms with Gasteiger partial charge < -0.3 is 25.3 Å². The second-order valence-corrected chi connectivity index (χ2v) is 12.6. The SMILES string of the molecule is CC(=O)N1CCN(C(=O)c2cc(CSc3cnc(NC(=O)c4ccc(CNC(CO)CO)cc4)s3)cc(C)c2C)CC1. The third kappa shape index (κ3) is 8.17. The van der Waals surface area contributed by atoms with E-state index in [4.69, 9.17) is 10.2 Å². The summed E-state index contributed by atoms with van der Waals surface area (Å²) in [5.41, 5.74) is 5.18. The van der Waals surface area contributed by atoms with Gasteiger partial charge in [-0.2, -0.15) is 0 Å². The molecule has 12 heteroatoms. The molecule has 0 unspecified atom stereocenters. The third-order valence-corrected chi connectivity index (χ3v) is 9.49. The van der Waals surface area contributed by atoms with Crippen molar-refractivity contribution in [2.75, 3.05) is 44.7 Å². The number of benzene rings is 2. The van der Waals surface area contributed by atoms with Gasteiger partial charge in [-0.3, -0.25) is 19.7 Å². The summed E-state index contributed by atoms with van der Waals surface area (Å²) in [4.78, 5) is 45.7.